The van der Waals surface area contributed by atoms with E-state index in [1.807, 2.05) is 54.6 Å². The molecule has 1 aromatic heterocycles. The van der Waals surface area contributed by atoms with Gasteiger partial charge in [-0.25, -0.2) is 4.68 Å². The van der Waals surface area contributed by atoms with Crippen LogP contribution in [0.25, 0.3) is 11.3 Å². The third-order valence-corrected chi connectivity index (χ3v) is 6.99. The highest BCUT2D eigenvalue weighted by Crippen LogP contribution is 2.42. The molecule has 1 aliphatic carbocycles. The van der Waals surface area contributed by atoms with Crippen LogP contribution in [0.4, 0.5) is 0 Å². The number of hydrogen-bond acceptors (Lipinski definition) is 5. The molecule has 0 radical (unpaired) electrons. The quantitative estimate of drug-likeness (QED) is 0.465. The molecule has 182 valence electrons. The van der Waals surface area contributed by atoms with Crippen molar-refractivity contribution >= 4 is 23.4 Å². The van der Waals surface area contributed by atoms with Gasteiger partial charge in [0.25, 0.3) is 11.5 Å². The van der Waals surface area contributed by atoms with Gasteiger partial charge in [-0.3, -0.25) is 14.4 Å². The molecule has 4 rings (SSSR count). The summed E-state index contributed by atoms with van der Waals surface area (Å²) in [7, 11) is 0. The van der Waals surface area contributed by atoms with E-state index in [0.717, 1.165) is 24.0 Å². The Bertz CT molecular complexity index is 1280. The topological polar surface area (TPSA) is 133 Å². The Morgan fingerprint density at radius 2 is 1.80 bits per heavy atom. The molecule has 0 saturated heterocycles. The molecule has 1 aliphatic rings. The Balaban J connectivity index is 1.68. The average molecular weight is 494 g/mol. The summed E-state index contributed by atoms with van der Waals surface area (Å²) in [6.45, 7) is 0.108. The lowest BCUT2D eigenvalue weighted by atomic mass is 9.68. The Morgan fingerprint density at radius 1 is 1.09 bits per heavy atom. The van der Waals surface area contributed by atoms with Gasteiger partial charge in [0.15, 0.2) is 0 Å². The molecule has 8 nitrogen and oxygen atoms in total. The SMILES string of the molecule is NCC1(c2cccc(Cl)c2)CCC(n2nc(-c3ccccc3)cc(C(=O)NCC(N)=O)c2=O)CC1. The smallest absolute Gasteiger partial charge is 0.279 e. The second kappa shape index (κ2) is 10.4. The van der Waals surface area contributed by atoms with Gasteiger partial charge in [0.2, 0.25) is 5.91 Å². The van der Waals surface area contributed by atoms with Crippen LogP contribution < -0.4 is 22.3 Å². The van der Waals surface area contributed by atoms with Crippen molar-refractivity contribution in [1.29, 1.82) is 0 Å². The number of halogens is 1. The zero-order valence-electron chi connectivity index (χ0n) is 19.2. The lowest BCUT2D eigenvalue weighted by Crippen LogP contribution is -2.43. The van der Waals surface area contributed by atoms with Crippen LogP contribution in [0.3, 0.4) is 0 Å². The van der Waals surface area contributed by atoms with Crippen molar-refractivity contribution in [3.8, 4) is 11.3 Å². The molecule has 1 fully saturated rings. The molecule has 35 heavy (non-hydrogen) atoms. The molecule has 0 spiro atoms. The fraction of sp³-hybridized carbons (Fsp3) is 0.308. The predicted molar refractivity (Wildman–Crippen MR) is 135 cm³/mol. The standard InChI is InChI=1S/C26H28ClN5O3/c27-19-8-4-7-18(13-19)26(16-28)11-9-20(10-12-26)32-25(35)21(24(34)30-15-23(29)33)14-22(31-32)17-5-2-1-3-6-17/h1-8,13-14,20H,9-12,15-16,28H2,(H2,29,33)(H,30,34). The van der Waals surface area contributed by atoms with Crippen molar-refractivity contribution in [2.75, 3.05) is 13.1 Å². The highest BCUT2D eigenvalue weighted by Gasteiger charge is 2.37. The van der Waals surface area contributed by atoms with Crippen LogP contribution in [0.5, 0.6) is 0 Å². The van der Waals surface area contributed by atoms with Gasteiger partial charge in [0.05, 0.1) is 18.3 Å². The number of hydrogen-bond donors (Lipinski definition) is 3. The van der Waals surface area contributed by atoms with Crippen LogP contribution in [0, 0.1) is 0 Å². The molecule has 0 bridgehead atoms. The van der Waals surface area contributed by atoms with E-state index in [2.05, 4.69) is 10.4 Å². The fourth-order valence-electron chi connectivity index (χ4n) is 4.76. The van der Waals surface area contributed by atoms with Crippen molar-refractivity contribution in [1.82, 2.24) is 15.1 Å². The zero-order valence-corrected chi connectivity index (χ0v) is 20.0. The molecule has 9 heteroatoms. The number of amides is 2. The van der Waals surface area contributed by atoms with E-state index in [0.29, 0.717) is 30.1 Å². The molecule has 0 aliphatic heterocycles. The van der Waals surface area contributed by atoms with Crippen LogP contribution in [-0.2, 0) is 10.2 Å². The molecule has 5 N–H and O–H groups in total. The minimum Gasteiger partial charge on any atom is -0.368 e. The van der Waals surface area contributed by atoms with E-state index in [4.69, 9.17) is 23.1 Å². The van der Waals surface area contributed by atoms with Gasteiger partial charge < -0.3 is 16.8 Å². The minimum absolute atomic E-state index is 0.0781. The number of rotatable bonds is 7. The van der Waals surface area contributed by atoms with Crippen molar-refractivity contribution in [2.45, 2.75) is 37.1 Å². The number of nitrogens with two attached hydrogens (primary N) is 2. The van der Waals surface area contributed by atoms with Crippen LogP contribution in [0.15, 0.2) is 65.5 Å². The first kappa shape index (κ1) is 24.6. The molecular weight excluding hydrogens is 466 g/mol. The van der Waals surface area contributed by atoms with Crippen LogP contribution in [0.2, 0.25) is 5.02 Å². The van der Waals surface area contributed by atoms with E-state index in [-0.39, 0.29) is 23.6 Å². The van der Waals surface area contributed by atoms with E-state index in [9.17, 15) is 14.4 Å². The molecule has 0 unspecified atom stereocenters. The van der Waals surface area contributed by atoms with E-state index in [1.54, 1.807) is 0 Å². The summed E-state index contributed by atoms with van der Waals surface area (Å²) in [6, 6.07) is 18.3. The van der Waals surface area contributed by atoms with Gasteiger partial charge in [0, 0.05) is 22.5 Å². The third kappa shape index (κ3) is 5.28. The molecule has 1 heterocycles. The summed E-state index contributed by atoms with van der Waals surface area (Å²) in [4.78, 5) is 37.3. The first-order valence-electron chi connectivity index (χ1n) is 11.5. The highest BCUT2D eigenvalue weighted by molar-refractivity contribution is 6.30. The van der Waals surface area contributed by atoms with Crippen LogP contribution >= 0.6 is 11.6 Å². The fourth-order valence-corrected chi connectivity index (χ4v) is 4.95. The normalized spacial score (nSPS) is 19.8. The first-order valence-corrected chi connectivity index (χ1v) is 11.9. The summed E-state index contributed by atoms with van der Waals surface area (Å²) in [5.74, 6) is -1.35. The molecule has 2 aromatic carbocycles. The maximum atomic E-state index is 13.4. The Hall–Kier alpha value is -3.49. The van der Waals surface area contributed by atoms with Crippen molar-refractivity contribution in [3.63, 3.8) is 0 Å². The van der Waals surface area contributed by atoms with Gasteiger partial charge in [-0.15, -0.1) is 0 Å². The Kier molecular flexibility index (Phi) is 7.33. The number of aromatic nitrogens is 2. The number of nitrogens with zero attached hydrogens (tertiary/aromatic N) is 2. The van der Waals surface area contributed by atoms with Gasteiger partial charge in [-0.2, -0.15) is 5.10 Å². The average Bonchev–Trinajstić information content (AvgIpc) is 2.88. The van der Waals surface area contributed by atoms with Gasteiger partial charge in [-0.1, -0.05) is 54.1 Å². The second-order valence-corrected chi connectivity index (χ2v) is 9.37. The van der Waals surface area contributed by atoms with Crippen LogP contribution in [0.1, 0.15) is 47.6 Å². The molecular formula is C26H28ClN5O3. The first-order chi connectivity index (χ1) is 16.8. The van der Waals surface area contributed by atoms with Gasteiger partial charge >= 0.3 is 0 Å². The maximum absolute atomic E-state index is 13.4. The summed E-state index contributed by atoms with van der Waals surface area (Å²) in [5, 5.41) is 7.72. The molecule has 0 atom stereocenters. The van der Waals surface area contributed by atoms with Gasteiger partial charge in [-0.05, 0) is 49.4 Å². The van der Waals surface area contributed by atoms with E-state index < -0.39 is 17.4 Å². The number of benzene rings is 2. The molecule has 3 aromatic rings. The number of nitrogens with one attached hydrogen (secondary N) is 1. The second-order valence-electron chi connectivity index (χ2n) is 8.93. The Labute approximate surface area is 208 Å². The largest absolute Gasteiger partial charge is 0.368 e. The lowest BCUT2D eigenvalue weighted by Gasteiger charge is -2.40. The van der Waals surface area contributed by atoms with Crippen molar-refractivity contribution in [2.24, 2.45) is 11.5 Å². The van der Waals surface area contributed by atoms with Crippen molar-refractivity contribution in [3.05, 3.63) is 87.2 Å². The zero-order chi connectivity index (χ0) is 25.0. The number of carbonyl (C=O) groups is 2. The minimum atomic E-state index is -0.692. The monoisotopic (exact) mass is 493 g/mol. The third-order valence-electron chi connectivity index (χ3n) is 6.76. The summed E-state index contributed by atoms with van der Waals surface area (Å²) in [5.41, 5.74) is 12.9. The maximum Gasteiger partial charge on any atom is 0.279 e. The van der Waals surface area contributed by atoms with Gasteiger partial charge in [0.1, 0.15) is 5.56 Å². The molecule has 1 saturated carbocycles. The van der Waals surface area contributed by atoms with E-state index >= 15 is 0 Å². The Morgan fingerprint density at radius 3 is 2.43 bits per heavy atom. The predicted octanol–water partition coefficient (Wildman–Crippen LogP) is 2.79. The van der Waals surface area contributed by atoms with Crippen LogP contribution in [-0.4, -0.2) is 34.7 Å². The summed E-state index contributed by atoms with van der Waals surface area (Å²) < 4.78 is 1.42. The van der Waals surface area contributed by atoms with E-state index in [1.165, 1.54) is 10.7 Å². The highest BCUT2D eigenvalue weighted by atomic mass is 35.5. The van der Waals surface area contributed by atoms with Crippen molar-refractivity contribution < 1.29 is 9.59 Å². The summed E-state index contributed by atoms with van der Waals surface area (Å²) in [6.07, 6.45) is 2.83. The summed E-state index contributed by atoms with van der Waals surface area (Å²) >= 11 is 6.23. The number of primary amides is 1. The lowest BCUT2D eigenvalue weighted by molar-refractivity contribution is -0.117. The number of carbonyl (C=O) groups excluding carboxylic acids is 2. The molecule has 2 amide bonds.